The lowest BCUT2D eigenvalue weighted by Crippen LogP contribution is -2.47. The number of carbonyl (C=O) groups is 2. The van der Waals surface area contributed by atoms with Crippen LogP contribution in [0.4, 0.5) is 15.0 Å². The topological polar surface area (TPSA) is 80.8 Å². The van der Waals surface area contributed by atoms with Crippen molar-refractivity contribution in [2.24, 2.45) is 0 Å². The van der Waals surface area contributed by atoms with Crippen LogP contribution in [0.25, 0.3) is 6.08 Å². The number of amides is 1. The SMILES string of the molecule is CCOC(=O)/C(F)=C/c1cnc(N[C@@H]2CCCN(C(=O)OC(C)(C)C)C2)c(Cl)c1. The standard InChI is InChI=1S/C20H27ClFN3O4/c1-5-28-18(26)16(22)10-13-9-15(21)17(23-11-13)24-14-7-6-8-25(12-14)19(27)29-20(2,3)4/h9-11,14H,5-8,12H2,1-4H3,(H,23,24)/b16-10-/t14-/m1/s1. The minimum atomic E-state index is -1.03. The van der Waals surface area contributed by atoms with Crippen LogP contribution < -0.4 is 5.32 Å². The predicted octanol–water partition coefficient (Wildman–Crippen LogP) is 4.42. The first-order chi connectivity index (χ1) is 13.6. The van der Waals surface area contributed by atoms with Crippen molar-refractivity contribution in [3.63, 3.8) is 0 Å². The highest BCUT2D eigenvalue weighted by atomic mass is 35.5. The molecule has 0 radical (unpaired) electrons. The summed E-state index contributed by atoms with van der Waals surface area (Å²) in [5.41, 5.74) is -0.213. The number of pyridine rings is 1. The fourth-order valence-corrected chi connectivity index (χ4v) is 3.05. The lowest BCUT2D eigenvalue weighted by atomic mass is 10.1. The Hall–Kier alpha value is -2.35. The molecule has 1 aromatic rings. The van der Waals surface area contributed by atoms with Crippen molar-refractivity contribution in [3.8, 4) is 0 Å². The molecule has 1 amide bonds. The van der Waals surface area contributed by atoms with Crippen LogP contribution in [0, 0.1) is 0 Å². The Labute approximate surface area is 175 Å². The fourth-order valence-electron chi connectivity index (χ4n) is 2.82. The van der Waals surface area contributed by atoms with E-state index in [9.17, 15) is 14.0 Å². The second-order valence-corrected chi connectivity index (χ2v) is 8.13. The quantitative estimate of drug-likeness (QED) is 0.553. The van der Waals surface area contributed by atoms with Crippen molar-refractivity contribution < 1.29 is 23.5 Å². The first kappa shape index (κ1) is 22.9. The summed E-state index contributed by atoms with van der Waals surface area (Å²) >= 11 is 6.26. The third-order valence-corrected chi connectivity index (χ3v) is 4.33. The molecule has 0 aromatic carbocycles. The lowest BCUT2D eigenvalue weighted by molar-refractivity contribution is -0.140. The molecule has 1 aromatic heterocycles. The maximum absolute atomic E-state index is 13.8. The smallest absolute Gasteiger partial charge is 0.410 e. The highest BCUT2D eigenvalue weighted by Gasteiger charge is 2.28. The molecule has 1 saturated heterocycles. The summed E-state index contributed by atoms with van der Waals surface area (Å²) in [4.78, 5) is 29.5. The minimum Gasteiger partial charge on any atom is -0.461 e. The van der Waals surface area contributed by atoms with Gasteiger partial charge in [-0.1, -0.05) is 11.6 Å². The van der Waals surface area contributed by atoms with Crippen molar-refractivity contribution in [1.29, 1.82) is 0 Å². The number of aromatic nitrogens is 1. The molecule has 0 saturated carbocycles. The number of nitrogens with one attached hydrogen (secondary N) is 1. The van der Waals surface area contributed by atoms with E-state index in [4.69, 9.17) is 16.3 Å². The Morgan fingerprint density at radius 1 is 1.45 bits per heavy atom. The van der Waals surface area contributed by atoms with Gasteiger partial charge in [-0.25, -0.2) is 14.6 Å². The number of rotatable bonds is 5. The number of ether oxygens (including phenoxy) is 2. The Balaban J connectivity index is 2.02. The number of anilines is 1. The molecular formula is C20H27ClFN3O4. The van der Waals surface area contributed by atoms with Gasteiger partial charge in [0.15, 0.2) is 0 Å². The van der Waals surface area contributed by atoms with Crippen LogP contribution in [-0.2, 0) is 14.3 Å². The Bertz CT molecular complexity index is 779. The monoisotopic (exact) mass is 427 g/mol. The molecule has 0 bridgehead atoms. The molecule has 1 aliphatic rings. The van der Waals surface area contributed by atoms with E-state index in [2.05, 4.69) is 15.0 Å². The molecule has 0 spiro atoms. The molecule has 9 heteroatoms. The summed E-state index contributed by atoms with van der Waals surface area (Å²) in [5.74, 6) is -1.63. The second-order valence-electron chi connectivity index (χ2n) is 7.72. The molecule has 0 aliphatic carbocycles. The zero-order chi connectivity index (χ0) is 21.6. The van der Waals surface area contributed by atoms with Gasteiger partial charge in [-0.2, -0.15) is 4.39 Å². The van der Waals surface area contributed by atoms with Gasteiger partial charge in [-0.3, -0.25) is 0 Å². The lowest BCUT2D eigenvalue weighted by Gasteiger charge is -2.34. The Kier molecular flexibility index (Phi) is 7.84. The van der Waals surface area contributed by atoms with Gasteiger partial charge in [-0.05, 0) is 58.2 Å². The fraction of sp³-hybridized carbons (Fsp3) is 0.550. The molecule has 1 aliphatic heterocycles. The molecular weight excluding hydrogens is 401 g/mol. The average molecular weight is 428 g/mol. The van der Waals surface area contributed by atoms with E-state index in [1.54, 1.807) is 11.8 Å². The largest absolute Gasteiger partial charge is 0.461 e. The van der Waals surface area contributed by atoms with E-state index in [0.29, 0.717) is 24.5 Å². The summed E-state index contributed by atoms with van der Waals surface area (Å²) in [6.45, 7) is 8.26. The third-order valence-electron chi connectivity index (χ3n) is 4.04. The number of hydrogen-bond donors (Lipinski definition) is 1. The average Bonchev–Trinajstić information content (AvgIpc) is 2.63. The highest BCUT2D eigenvalue weighted by Crippen LogP contribution is 2.25. The van der Waals surface area contributed by atoms with Crippen molar-refractivity contribution in [2.75, 3.05) is 25.0 Å². The van der Waals surface area contributed by atoms with Crippen LogP contribution in [0.2, 0.25) is 5.02 Å². The van der Waals surface area contributed by atoms with E-state index in [1.165, 1.54) is 12.3 Å². The molecule has 1 N–H and O–H groups in total. The molecule has 7 nitrogen and oxygen atoms in total. The number of likely N-dealkylation sites (tertiary alicyclic amines) is 1. The number of halogens is 2. The molecule has 1 fully saturated rings. The third kappa shape index (κ3) is 7.20. The van der Waals surface area contributed by atoms with Crippen LogP contribution in [-0.4, -0.2) is 53.3 Å². The number of carbonyl (C=O) groups excluding carboxylic acids is 2. The second kappa shape index (κ2) is 9.91. The number of hydrogen-bond acceptors (Lipinski definition) is 6. The zero-order valence-corrected chi connectivity index (χ0v) is 17.9. The van der Waals surface area contributed by atoms with Crippen LogP contribution in [0.1, 0.15) is 46.1 Å². The zero-order valence-electron chi connectivity index (χ0n) is 17.1. The van der Waals surface area contributed by atoms with Crippen LogP contribution in [0.3, 0.4) is 0 Å². The van der Waals surface area contributed by atoms with E-state index >= 15 is 0 Å². The number of nitrogens with zero attached hydrogens (tertiary/aromatic N) is 2. The van der Waals surface area contributed by atoms with Crippen molar-refractivity contribution in [3.05, 3.63) is 28.7 Å². The van der Waals surface area contributed by atoms with Crippen molar-refractivity contribution in [2.45, 2.75) is 52.2 Å². The van der Waals surface area contributed by atoms with Crippen LogP contribution >= 0.6 is 11.6 Å². The summed E-state index contributed by atoms with van der Waals surface area (Å²) in [7, 11) is 0. The summed E-state index contributed by atoms with van der Waals surface area (Å²) in [6.07, 6.45) is 3.74. The first-order valence-electron chi connectivity index (χ1n) is 9.53. The van der Waals surface area contributed by atoms with Crippen molar-refractivity contribution in [1.82, 2.24) is 9.88 Å². The molecule has 2 heterocycles. The van der Waals surface area contributed by atoms with Crippen LogP contribution in [0.15, 0.2) is 18.1 Å². The minimum absolute atomic E-state index is 0.0427. The van der Waals surface area contributed by atoms with Crippen molar-refractivity contribution >= 4 is 35.6 Å². The summed E-state index contributed by atoms with van der Waals surface area (Å²) in [6, 6.07) is 1.46. The van der Waals surface area contributed by atoms with Gasteiger partial charge in [0, 0.05) is 25.3 Å². The van der Waals surface area contributed by atoms with E-state index in [-0.39, 0.29) is 23.8 Å². The maximum Gasteiger partial charge on any atom is 0.410 e. The van der Waals surface area contributed by atoms with Gasteiger partial charge < -0.3 is 19.7 Å². The Morgan fingerprint density at radius 3 is 2.79 bits per heavy atom. The van der Waals surface area contributed by atoms with Crippen LogP contribution in [0.5, 0.6) is 0 Å². The highest BCUT2D eigenvalue weighted by molar-refractivity contribution is 6.33. The molecule has 0 unspecified atom stereocenters. The molecule has 29 heavy (non-hydrogen) atoms. The van der Waals surface area contributed by atoms with Gasteiger partial charge in [0.1, 0.15) is 11.4 Å². The predicted molar refractivity (Wildman–Crippen MR) is 109 cm³/mol. The number of esters is 1. The van der Waals surface area contributed by atoms with Gasteiger partial charge in [-0.15, -0.1) is 0 Å². The molecule has 160 valence electrons. The summed E-state index contributed by atoms with van der Waals surface area (Å²) < 4.78 is 23.8. The van der Waals surface area contributed by atoms with E-state index < -0.39 is 17.4 Å². The summed E-state index contributed by atoms with van der Waals surface area (Å²) in [5, 5.41) is 3.50. The van der Waals surface area contributed by atoms with E-state index in [1.807, 2.05) is 20.8 Å². The first-order valence-corrected chi connectivity index (χ1v) is 9.91. The normalized spacial score (nSPS) is 17.7. The van der Waals surface area contributed by atoms with Gasteiger partial charge >= 0.3 is 12.1 Å². The molecule has 2 rings (SSSR count). The van der Waals surface area contributed by atoms with E-state index in [0.717, 1.165) is 18.9 Å². The number of piperidine rings is 1. The van der Waals surface area contributed by atoms with Gasteiger partial charge in [0.2, 0.25) is 5.83 Å². The van der Waals surface area contributed by atoms with Gasteiger partial charge in [0.05, 0.1) is 11.6 Å². The Morgan fingerprint density at radius 2 is 2.17 bits per heavy atom. The maximum atomic E-state index is 13.8. The van der Waals surface area contributed by atoms with Gasteiger partial charge in [0.25, 0.3) is 0 Å². The molecule has 1 atom stereocenters.